The molecular weight excluding hydrogens is 496 g/mol. The lowest BCUT2D eigenvalue weighted by Crippen LogP contribution is -2.68. The predicted molar refractivity (Wildman–Crippen MR) is 163 cm³/mol. The highest BCUT2D eigenvalue weighted by atomic mass is 16.7. The molecule has 0 N–H and O–H groups in total. The molecule has 0 fully saturated rings. The van der Waals surface area contributed by atoms with Crippen LogP contribution in [0.15, 0.2) is 133 Å². The van der Waals surface area contributed by atoms with Crippen LogP contribution in [-0.4, -0.2) is 30.1 Å². The highest BCUT2D eigenvalue weighted by Gasteiger charge is 2.63. The SMILES string of the molecule is CC(C)O[N+](c1ccccc1)(c1ccccc1)C1C=CC(=O)C1[N+](OC(C)C)(c1ccccc1)c1ccccc1. The van der Waals surface area contributed by atoms with Crippen molar-refractivity contribution in [2.24, 2.45) is 0 Å². The van der Waals surface area contributed by atoms with Crippen molar-refractivity contribution in [3.8, 4) is 0 Å². The van der Waals surface area contributed by atoms with Gasteiger partial charge in [-0.25, -0.2) is 0 Å². The Morgan fingerprint density at radius 2 is 0.850 bits per heavy atom. The first kappa shape index (κ1) is 27.7. The van der Waals surface area contributed by atoms with Crippen molar-refractivity contribution >= 4 is 28.5 Å². The molecular formula is C35H38N2O3+2. The topological polar surface area (TPSA) is 35.5 Å². The van der Waals surface area contributed by atoms with Crippen LogP contribution in [0.4, 0.5) is 22.7 Å². The molecule has 0 aliphatic heterocycles. The van der Waals surface area contributed by atoms with Crippen molar-refractivity contribution in [3.05, 3.63) is 133 Å². The zero-order valence-corrected chi connectivity index (χ0v) is 23.6. The molecule has 0 radical (unpaired) electrons. The zero-order valence-electron chi connectivity index (χ0n) is 23.6. The average molecular weight is 535 g/mol. The van der Waals surface area contributed by atoms with E-state index >= 15 is 0 Å². The number of ketones is 1. The van der Waals surface area contributed by atoms with E-state index in [1.807, 2.05) is 131 Å². The minimum atomic E-state index is -0.689. The molecule has 0 amide bonds. The van der Waals surface area contributed by atoms with Crippen LogP contribution in [0.25, 0.3) is 0 Å². The Labute approximate surface area is 237 Å². The Bertz CT molecular complexity index is 1340. The number of para-hydroxylation sites is 4. The Hall–Kier alpha value is -3.87. The number of benzene rings is 4. The number of carbonyl (C=O) groups is 1. The van der Waals surface area contributed by atoms with E-state index in [1.165, 1.54) is 0 Å². The molecule has 40 heavy (non-hydrogen) atoms. The maximum atomic E-state index is 14.3. The summed E-state index contributed by atoms with van der Waals surface area (Å²) in [4.78, 5) is 28.3. The van der Waals surface area contributed by atoms with E-state index in [-0.39, 0.29) is 27.3 Å². The van der Waals surface area contributed by atoms with E-state index in [4.69, 9.17) is 9.68 Å². The molecule has 5 heteroatoms. The summed E-state index contributed by atoms with van der Waals surface area (Å²) in [7, 11) is 0. The average Bonchev–Trinajstić information content (AvgIpc) is 3.38. The van der Waals surface area contributed by atoms with Gasteiger partial charge < -0.3 is 0 Å². The number of hydroxylamine groups is 2. The summed E-state index contributed by atoms with van der Waals surface area (Å²) in [5.74, 6) is -0.0138. The van der Waals surface area contributed by atoms with E-state index < -0.39 is 12.1 Å². The summed E-state index contributed by atoms with van der Waals surface area (Å²) in [6.45, 7) is 8.11. The molecule has 0 saturated carbocycles. The molecule has 2 atom stereocenters. The van der Waals surface area contributed by atoms with Gasteiger partial charge in [0.05, 0.1) is 0 Å². The van der Waals surface area contributed by atoms with Gasteiger partial charge in [0.25, 0.3) is 6.04 Å². The quantitative estimate of drug-likeness (QED) is 0.152. The second kappa shape index (κ2) is 11.7. The first-order chi connectivity index (χ1) is 19.4. The van der Waals surface area contributed by atoms with Gasteiger partial charge in [0.1, 0.15) is 12.2 Å². The molecule has 0 spiro atoms. The van der Waals surface area contributed by atoms with Gasteiger partial charge in [-0.15, -0.1) is 4.65 Å². The van der Waals surface area contributed by atoms with Crippen LogP contribution in [-0.2, 0) is 14.5 Å². The number of carbonyl (C=O) groups excluding carboxylic acids is 1. The molecule has 4 aromatic carbocycles. The second-order valence-corrected chi connectivity index (χ2v) is 10.7. The third-order valence-electron chi connectivity index (χ3n) is 7.20. The monoisotopic (exact) mass is 534 g/mol. The smallest absolute Gasteiger partial charge is 0.251 e. The highest BCUT2D eigenvalue weighted by Crippen LogP contribution is 2.48. The van der Waals surface area contributed by atoms with Gasteiger partial charge in [-0.05, 0) is 39.8 Å². The summed E-state index contributed by atoms with van der Waals surface area (Å²) in [5, 5.41) is 0. The summed E-state index contributed by atoms with van der Waals surface area (Å²) < 4.78 is -0.0929. The van der Waals surface area contributed by atoms with Crippen molar-refractivity contribution in [1.82, 2.24) is 9.29 Å². The van der Waals surface area contributed by atoms with Crippen LogP contribution in [0, 0.1) is 0 Å². The van der Waals surface area contributed by atoms with Crippen LogP contribution in [0.1, 0.15) is 27.7 Å². The first-order valence-electron chi connectivity index (χ1n) is 14.0. The lowest BCUT2D eigenvalue weighted by atomic mass is 10.0. The molecule has 5 nitrogen and oxygen atoms in total. The Kier molecular flexibility index (Phi) is 8.10. The molecule has 0 aromatic heterocycles. The predicted octanol–water partition coefficient (Wildman–Crippen LogP) is 8.22. The van der Waals surface area contributed by atoms with E-state index in [0.717, 1.165) is 22.7 Å². The molecule has 4 aromatic rings. The van der Waals surface area contributed by atoms with Gasteiger partial charge in [0, 0.05) is 48.5 Å². The van der Waals surface area contributed by atoms with Gasteiger partial charge in [-0.2, -0.15) is 9.68 Å². The molecule has 2 unspecified atom stereocenters. The zero-order chi connectivity index (χ0) is 28.2. The summed E-state index contributed by atoms with van der Waals surface area (Å²) in [6.07, 6.45) is 3.39. The van der Waals surface area contributed by atoms with E-state index in [2.05, 4.69) is 24.3 Å². The lowest BCUT2D eigenvalue weighted by molar-refractivity contribution is -0.202. The van der Waals surface area contributed by atoms with Crippen molar-refractivity contribution < 1.29 is 14.5 Å². The van der Waals surface area contributed by atoms with Crippen LogP contribution in [0.3, 0.4) is 0 Å². The molecule has 1 aliphatic carbocycles. The third kappa shape index (κ3) is 4.93. The Morgan fingerprint density at radius 1 is 0.525 bits per heavy atom. The lowest BCUT2D eigenvalue weighted by Gasteiger charge is -2.46. The van der Waals surface area contributed by atoms with Gasteiger partial charge in [-0.1, -0.05) is 77.4 Å². The standard InChI is InChI=1S/C35H38N2O3/c1-27(2)39-36(29-17-9-5-10-18-29,30-19-11-6-12-20-30)33-25-26-34(38)35(33)37(40-28(3)4,31-21-13-7-14-22-31)32-23-15-8-16-24-32/h5-28,33,35H,1-4H3/q+2. The van der Waals surface area contributed by atoms with E-state index in [0.29, 0.717) is 0 Å². The molecule has 0 bridgehead atoms. The van der Waals surface area contributed by atoms with Crippen molar-refractivity contribution in [3.63, 3.8) is 0 Å². The molecule has 204 valence electrons. The Balaban J connectivity index is 1.86. The van der Waals surface area contributed by atoms with Crippen LogP contribution in [0.2, 0.25) is 0 Å². The maximum Gasteiger partial charge on any atom is 0.251 e. The normalized spacial score (nSPS) is 17.6. The Morgan fingerprint density at radius 3 is 1.20 bits per heavy atom. The van der Waals surface area contributed by atoms with Gasteiger partial charge in [0.15, 0.2) is 22.7 Å². The molecule has 1 aliphatic rings. The third-order valence-corrected chi connectivity index (χ3v) is 7.20. The first-order valence-corrected chi connectivity index (χ1v) is 14.0. The van der Waals surface area contributed by atoms with E-state index in [1.54, 1.807) is 6.08 Å². The second-order valence-electron chi connectivity index (χ2n) is 10.7. The summed E-state index contributed by atoms with van der Waals surface area (Å²) in [6, 6.07) is 39.4. The van der Waals surface area contributed by atoms with Crippen LogP contribution >= 0.6 is 0 Å². The highest BCUT2D eigenvalue weighted by molar-refractivity contribution is 6.01. The minimum absolute atomic E-state index is 0.00732. The summed E-state index contributed by atoms with van der Waals surface area (Å²) in [5.41, 5.74) is 3.61. The summed E-state index contributed by atoms with van der Waals surface area (Å²) >= 11 is 0. The van der Waals surface area contributed by atoms with Gasteiger partial charge in [-0.3, -0.25) is 4.79 Å². The minimum Gasteiger partial charge on any atom is -0.288 e. The van der Waals surface area contributed by atoms with E-state index in [9.17, 15) is 4.79 Å². The fraction of sp³-hybridized carbons (Fsp3) is 0.229. The van der Waals surface area contributed by atoms with Crippen LogP contribution < -0.4 is 9.29 Å². The number of quaternary nitrogens is 2. The van der Waals surface area contributed by atoms with Gasteiger partial charge in [0.2, 0.25) is 11.8 Å². The largest absolute Gasteiger partial charge is 0.288 e. The molecule has 0 heterocycles. The maximum absolute atomic E-state index is 14.3. The number of nitrogens with zero attached hydrogens (tertiary/aromatic N) is 2. The molecule has 5 rings (SSSR count). The number of hydrogen-bond donors (Lipinski definition) is 0. The number of rotatable bonds is 10. The van der Waals surface area contributed by atoms with Crippen molar-refractivity contribution in [2.75, 3.05) is 0 Å². The molecule has 0 saturated heterocycles. The van der Waals surface area contributed by atoms with Gasteiger partial charge >= 0.3 is 0 Å². The van der Waals surface area contributed by atoms with Crippen LogP contribution in [0.5, 0.6) is 0 Å². The van der Waals surface area contributed by atoms with Crippen molar-refractivity contribution in [2.45, 2.75) is 52.0 Å². The number of hydrogen-bond acceptors (Lipinski definition) is 3. The fourth-order valence-electron chi connectivity index (χ4n) is 5.89. The van der Waals surface area contributed by atoms with Crippen molar-refractivity contribution in [1.29, 1.82) is 0 Å². The fourth-order valence-corrected chi connectivity index (χ4v) is 5.89.